The van der Waals surface area contributed by atoms with Crippen LogP contribution in [0.3, 0.4) is 0 Å². The van der Waals surface area contributed by atoms with E-state index in [9.17, 15) is 13.2 Å². The van der Waals surface area contributed by atoms with Crippen molar-refractivity contribution in [3.63, 3.8) is 0 Å². The number of methoxy groups -OCH3 is 1. The molecule has 0 fully saturated rings. The number of carbonyl (C=O) groups is 1. The number of nitrogens with zero attached hydrogens (tertiary/aromatic N) is 1. The molecular weight excluding hydrogens is 340 g/mol. The van der Waals surface area contributed by atoms with Crippen molar-refractivity contribution in [2.75, 3.05) is 14.2 Å². The number of rotatable bonds is 3. The van der Waals surface area contributed by atoms with Gasteiger partial charge in [-0.25, -0.2) is 8.42 Å². The summed E-state index contributed by atoms with van der Waals surface area (Å²) in [6, 6.07) is 0. The maximum Gasteiger partial charge on any atom is 0.276 e. The van der Waals surface area contributed by atoms with Crippen molar-refractivity contribution in [2.24, 2.45) is 0 Å². The molecule has 0 spiro atoms. The van der Waals surface area contributed by atoms with Gasteiger partial charge < -0.3 is 10.1 Å². The quantitative estimate of drug-likeness (QED) is 0.837. The number of carbonyl (C=O) groups excluding carboxylic acids is 1. The monoisotopic (exact) mass is 360 g/mol. The predicted molar refractivity (Wildman–Crippen MR) is 95.2 cm³/mol. The number of amides is 1. The molecule has 0 bridgehead atoms. The Morgan fingerprint density at radius 2 is 2.04 bits per heavy atom. The standard InChI is InChI=1S/C18H20N2O4S/c1-12-10-14-15(11-12)25(22,23)20(2)16(17(14)24-3)18(21)19-13-8-6-4-5-7-9-13/h4-8,11H,9-10H2,1-3H3,(H,19,21). The van der Waals surface area contributed by atoms with Crippen molar-refractivity contribution in [3.8, 4) is 0 Å². The highest BCUT2D eigenvalue weighted by molar-refractivity contribution is 7.93. The second-order valence-electron chi connectivity index (χ2n) is 6.03. The van der Waals surface area contributed by atoms with Gasteiger partial charge in [-0.05, 0) is 25.5 Å². The molecule has 0 saturated carbocycles. The minimum atomic E-state index is -3.77. The van der Waals surface area contributed by atoms with Gasteiger partial charge in [0.25, 0.3) is 15.9 Å². The lowest BCUT2D eigenvalue weighted by molar-refractivity contribution is -0.118. The average Bonchev–Trinajstić information content (AvgIpc) is 2.78. The highest BCUT2D eigenvalue weighted by atomic mass is 32.2. The second kappa shape index (κ2) is 6.40. The lowest BCUT2D eigenvalue weighted by Crippen LogP contribution is -2.40. The molecule has 6 nitrogen and oxygen atoms in total. The van der Waals surface area contributed by atoms with E-state index in [0.717, 1.165) is 9.88 Å². The van der Waals surface area contributed by atoms with Crippen molar-refractivity contribution in [1.29, 1.82) is 0 Å². The van der Waals surface area contributed by atoms with E-state index in [1.807, 2.05) is 31.2 Å². The molecule has 7 heteroatoms. The minimum Gasteiger partial charge on any atom is -0.494 e. The summed E-state index contributed by atoms with van der Waals surface area (Å²) in [5, 5.41) is 2.79. The Morgan fingerprint density at radius 3 is 2.76 bits per heavy atom. The normalized spacial score (nSPS) is 21.6. The lowest BCUT2D eigenvalue weighted by Gasteiger charge is -2.29. The number of hydrogen-bond donors (Lipinski definition) is 1. The maximum atomic E-state index is 12.8. The van der Waals surface area contributed by atoms with E-state index >= 15 is 0 Å². The molecule has 0 unspecified atom stereocenters. The van der Waals surface area contributed by atoms with Gasteiger partial charge in [-0.2, -0.15) is 0 Å². The van der Waals surface area contributed by atoms with Gasteiger partial charge >= 0.3 is 0 Å². The van der Waals surface area contributed by atoms with Gasteiger partial charge in [-0.3, -0.25) is 9.10 Å². The van der Waals surface area contributed by atoms with E-state index in [1.165, 1.54) is 14.2 Å². The molecular formula is C18H20N2O4S. The van der Waals surface area contributed by atoms with Crippen LogP contribution >= 0.6 is 0 Å². The lowest BCUT2D eigenvalue weighted by atomic mass is 10.1. The molecule has 3 aliphatic rings. The fraction of sp³-hybridized carbons (Fsp3) is 0.278. The molecule has 0 aromatic heterocycles. The van der Waals surface area contributed by atoms with E-state index < -0.39 is 15.9 Å². The van der Waals surface area contributed by atoms with E-state index in [4.69, 9.17) is 4.74 Å². The van der Waals surface area contributed by atoms with Gasteiger partial charge in [0.2, 0.25) is 0 Å². The van der Waals surface area contributed by atoms with Crippen molar-refractivity contribution < 1.29 is 17.9 Å². The molecule has 0 aromatic rings. The first-order valence-corrected chi connectivity index (χ1v) is 9.32. The van der Waals surface area contributed by atoms with Crippen LogP contribution < -0.4 is 5.32 Å². The Bertz CT molecular complexity index is 915. The van der Waals surface area contributed by atoms with E-state index in [0.29, 0.717) is 29.9 Å². The van der Waals surface area contributed by atoms with E-state index in [2.05, 4.69) is 5.32 Å². The summed E-state index contributed by atoms with van der Waals surface area (Å²) in [5.74, 6) is -0.202. The van der Waals surface area contributed by atoms with Crippen LogP contribution in [-0.2, 0) is 19.6 Å². The highest BCUT2D eigenvalue weighted by Crippen LogP contribution is 2.41. The Kier molecular flexibility index (Phi) is 4.43. The zero-order valence-electron chi connectivity index (χ0n) is 14.4. The van der Waals surface area contributed by atoms with Gasteiger partial charge in [0.1, 0.15) is 0 Å². The second-order valence-corrected chi connectivity index (χ2v) is 7.97. The third-order valence-electron chi connectivity index (χ3n) is 4.26. The predicted octanol–water partition coefficient (Wildman–Crippen LogP) is 2.24. The first kappa shape index (κ1) is 17.3. The summed E-state index contributed by atoms with van der Waals surface area (Å²) >= 11 is 0. The minimum absolute atomic E-state index is 0.00227. The van der Waals surface area contributed by atoms with Crippen molar-refractivity contribution in [2.45, 2.75) is 19.8 Å². The Morgan fingerprint density at radius 1 is 1.28 bits per heavy atom. The average molecular weight is 360 g/mol. The van der Waals surface area contributed by atoms with Gasteiger partial charge in [-0.15, -0.1) is 0 Å². The molecule has 3 rings (SSSR count). The fourth-order valence-electron chi connectivity index (χ4n) is 3.05. The topological polar surface area (TPSA) is 75.7 Å². The molecule has 0 saturated heterocycles. The van der Waals surface area contributed by atoms with Crippen LogP contribution in [0.5, 0.6) is 0 Å². The molecule has 0 atom stereocenters. The van der Waals surface area contributed by atoms with E-state index in [-0.39, 0.29) is 10.6 Å². The third-order valence-corrected chi connectivity index (χ3v) is 6.08. The number of likely N-dealkylation sites (N-methyl/N-ethyl adjacent to an activating group) is 1. The van der Waals surface area contributed by atoms with Crippen LogP contribution in [0.25, 0.3) is 0 Å². The van der Waals surface area contributed by atoms with Crippen LogP contribution in [0, 0.1) is 0 Å². The molecule has 0 radical (unpaired) electrons. The number of nitrogens with one attached hydrogen (secondary N) is 1. The summed E-state index contributed by atoms with van der Waals surface area (Å²) in [6.45, 7) is 1.86. The first-order chi connectivity index (χ1) is 11.9. The molecule has 132 valence electrons. The Labute approximate surface area is 147 Å². The van der Waals surface area contributed by atoms with Crippen molar-refractivity contribution in [3.05, 3.63) is 69.7 Å². The number of hydrogen-bond acceptors (Lipinski definition) is 4. The summed E-state index contributed by atoms with van der Waals surface area (Å²) in [4.78, 5) is 13.0. The van der Waals surface area contributed by atoms with E-state index in [1.54, 1.807) is 12.2 Å². The molecule has 2 aliphatic carbocycles. The summed E-state index contributed by atoms with van der Waals surface area (Å²) in [5.41, 5.74) is 2.14. The van der Waals surface area contributed by atoms with Gasteiger partial charge in [0, 0.05) is 24.7 Å². The molecule has 25 heavy (non-hydrogen) atoms. The smallest absolute Gasteiger partial charge is 0.276 e. The number of allylic oxidation sites excluding steroid dienone is 8. The van der Waals surface area contributed by atoms with Gasteiger partial charge in [-0.1, -0.05) is 29.9 Å². The van der Waals surface area contributed by atoms with Crippen LogP contribution in [-0.4, -0.2) is 32.8 Å². The summed E-state index contributed by atoms with van der Waals surface area (Å²) in [6.07, 6.45) is 11.9. The fourth-order valence-corrected chi connectivity index (χ4v) is 4.57. The number of sulfonamides is 1. The summed E-state index contributed by atoms with van der Waals surface area (Å²) < 4.78 is 32.0. The van der Waals surface area contributed by atoms with Crippen LogP contribution in [0.1, 0.15) is 19.8 Å². The third kappa shape index (κ3) is 2.95. The van der Waals surface area contributed by atoms with Crippen LogP contribution in [0.4, 0.5) is 0 Å². The Hall–Kier alpha value is -2.54. The zero-order chi connectivity index (χ0) is 18.2. The molecule has 0 aromatic carbocycles. The molecule has 1 heterocycles. The Balaban J connectivity index is 2.02. The van der Waals surface area contributed by atoms with Gasteiger partial charge in [0.05, 0.1) is 12.0 Å². The van der Waals surface area contributed by atoms with Crippen molar-refractivity contribution in [1.82, 2.24) is 9.62 Å². The van der Waals surface area contributed by atoms with Crippen molar-refractivity contribution >= 4 is 15.9 Å². The highest BCUT2D eigenvalue weighted by Gasteiger charge is 2.41. The van der Waals surface area contributed by atoms with Gasteiger partial charge in [0.15, 0.2) is 11.5 Å². The largest absolute Gasteiger partial charge is 0.494 e. The maximum absolute atomic E-state index is 12.8. The number of ether oxygens (including phenoxy) is 1. The zero-order valence-corrected chi connectivity index (χ0v) is 15.2. The molecule has 1 amide bonds. The summed E-state index contributed by atoms with van der Waals surface area (Å²) in [7, 11) is -0.948. The van der Waals surface area contributed by atoms with Crippen LogP contribution in [0.2, 0.25) is 0 Å². The van der Waals surface area contributed by atoms with Crippen LogP contribution in [0.15, 0.2) is 69.7 Å². The molecule has 1 N–H and O–H groups in total. The molecule has 1 aliphatic heterocycles. The first-order valence-electron chi connectivity index (χ1n) is 7.88. The SMILES string of the molecule is COC1=C(C(=O)NC2=CC=CC=CC2)N(C)S(=O)(=O)C2=C1CC(C)=C2.